The summed E-state index contributed by atoms with van der Waals surface area (Å²) in [5, 5.41) is 3.74. The molecule has 0 aliphatic carbocycles. The van der Waals surface area contributed by atoms with Gasteiger partial charge >= 0.3 is 0 Å². The zero-order valence-electron chi connectivity index (χ0n) is 12.1. The van der Waals surface area contributed by atoms with Crippen LogP contribution in [0.2, 0.25) is 0 Å². The monoisotopic (exact) mass is 253 g/mol. The molecule has 0 saturated carbocycles. The molecule has 2 rings (SSSR count). The Bertz CT molecular complexity index is 504. The van der Waals surface area contributed by atoms with Crippen molar-refractivity contribution in [2.24, 2.45) is 0 Å². The Kier molecular flexibility index (Phi) is 4.75. The van der Waals surface area contributed by atoms with E-state index in [2.05, 4.69) is 80.7 Å². The van der Waals surface area contributed by atoms with Gasteiger partial charge in [0.25, 0.3) is 0 Å². The minimum absolute atomic E-state index is 0.367. The van der Waals surface area contributed by atoms with Crippen LogP contribution in [0.25, 0.3) is 0 Å². The SMILES string of the molecule is CCC(N[C@H](C)c1ccccc1C)c1ccccc1. The molecular formula is C18H23N. The van der Waals surface area contributed by atoms with Gasteiger partial charge in [0.15, 0.2) is 0 Å². The summed E-state index contributed by atoms with van der Waals surface area (Å²) in [7, 11) is 0. The van der Waals surface area contributed by atoms with Gasteiger partial charge in [-0.1, -0.05) is 61.5 Å². The summed E-state index contributed by atoms with van der Waals surface area (Å²) in [6.07, 6.45) is 1.10. The molecule has 0 radical (unpaired) electrons. The lowest BCUT2D eigenvalue weighted by atomic mass is 9.99. The molecule has 2 aromatic rings. The van der Waals surface area contributed by atoms with Crippen molar-refractivity contribution in [1.29, 1.82) is 0 Å². The lowest BCUT2D eigenvalue weighted by molar-refractivity contribution is 0.455. The molecule has 0 bridgehead atoms. The maximum absolute atomic E-state index is 3.74. The molecule has 2 aromatic carbocycles. The van der Waals surface area contributed by atoms with Crippen LogP contribution in [0.15, 0.2) is 54.6 Å². The van der Waals surface area contributed by atoms with Gasteiger partial charge in [-0.3, -0.25) is 0 Å². The fraction of sp³-hybridized carbons (Fsp3) is 0.333. The summed E-state index contributed by atoms with van der Waals surface area (Å²) in [5.74, 6) is 0. The highest BCUT2D eigenvalue weighted by atomic mass is 14.9. The lowest BCUT2D eigenvalue weighted by Gasteiger charge is -2.24. The Hall–Kier alpha value is -1.60. The van der Waals surface area contributed by atoms with E-state index >= 15 is 0 Å². The van der Waals surface area contributed by atoms with Gasteiger partial charge in [-0.25, -0.2) is 0 Å². The van der Waals surface area contributed by atoms with Gasteiger partial charge in [-0.15, -0.1) is 0 Å². The van der Waals surface area contributed by atoms with E-state index in [1.165, 1.54) is 16.7 Å². The number of hydrogen-bond acceptors (Lipinski definition) is 1. The normalized spacial score (nSPS) is 14.1. The third-order valence-electron chi connectivity index (χ3n) is 3.72. The molecule has 0 fully saturated rings. The first-order valence-electron chi connectivity index (χ1n) is 7.09. The molecule has 0 amide bonds. The second-order valence-electron chi connectivity index (χ2n) is 5.12. The Labute approximate surface area is 116 Å². The lowest BCUT2D eigenvalue weighted by Crippen LogP contribution is -2.24. The molecule has 1 unspecified atom stereocenters. The highest BCUT2D eigenvalue weighted by Gasteiger charge is 2.14. The van der Waals surface area contributed by atoms with E-state index in [1.54, 1.807) is 0 Å². The maximum Gasteiger partial charge on any atom is 0.0323 e. The molecular weight excluding hydrogens is 230 g/mol. The Morgan fingerprint density at radius 2 is 1.58 bits per heavy atom. The first-order valence-corrected chi connectivity index (χ1v) is 7.09. The molecule has 0 aromatic heterocycles. The Balaban J connectivity index is 2.13. The summed E-state index contributed by atoms with van der Waals surface area (Å²) in [6.45, 7) is 6.65. The average molecular weight is 253 g/mol. The molecule has 0 spiro atoms. The third kappa shape index (κ3) is 3.45. The molecule has 1 N–H and O–H groups in total. The van der Waals surface area contributed by atoms with Gasteiger partial charge in [0.05, 0.1) is 0 Å². The maximum atomic E-state index is 3.74. The van der Waals surface area contributed by atoms with Crippen molar-refractivity contribution in [3.05, 3.63) is 71.3 Å². The third-order valence-corrected chi connectivity index (χ3v) is 3.72. The summed E-state index contributed by atoms with van der Waals surface area (Å²) in [4.78, 5) is 0. The Morgan fingerprint density at radius 1 is 0.947 bits per heavy atom. The van der Waals surface area contributed by atoms with Crippen LogP contribution < -0.4 is 5.32 Å². The largest absolute Gasteiger partial charge is 0.303 e. The summed E-state index contributed by atoms with van der Waals surface area (Å²) in [6, 6.07) is 20.1. The van der Waals surface area contributed by atoms with Crippen molar-refractivity contribution in [3.8, 4) is 0 Å². The number of nitrogens with one attached hydrogen (secondary N) is 1. The van der Waals surface area contributed by atoms with E-state index < -0.39 is 0 Å². The van der Waals surface area contributed by atoms with Gasteiger partial charge in [0, 0.05) is 12.1 Å². The zero-order valence-corrected chi connectivity index (χ0v) is 12.1. The molecule has 1 nitrogen and oxygen atoms in total. The first-order chi connectivity index (χ1) is 9.22. The van der Waals surface area contributed by atoms with Crippen LogP contribution in [0.4, 0.5) is 0 Å². The molecule has 0 heterocycles. The van der Waals surface area contributed by atoms with Crippen LogP contribution in [0, 0.1) is 6.92 Å². The zero-order chi connectivity index (χ0) is 13.7. The van der Waals surface area contributed by atoms with Gasteiger partial charge in [-0.05, 0) is 37.0 Å². The number of benzene rings is 2. The summed E-state index contributed by atoms with van der Waals surface area (Å²) >= 11 is 0. The van der Waals surface area contributed by atoms with Crippen LogP contribution in [-0.2, 0) is 0 Å². The van der Waals surface area contributed by atoms with Gasteiger partial charge in [0.2, 0.25) is 0 Å². The average Bonchev–Trinajstić information content (AvgIpc) is 2.46. The first kappa shape index (κ1) is 13.8. The highest BCUT2D eigenvalue weighted by Crippen LogP contribution is 2.23. The van der Waals surface area contributed by atoms with Crippen molar-refractivity contribution >= 4 is 0 Å². The molecule has 2 atom stereocenters. The summed E-state index contributed by atoms with van der Waals surface area (Å²) in [5.41, 5.74) is 4.10. The second-order valence-corrected chi connectivity index (χ2v) is 5.12. The number of rotatable bonds is 5. The number of hydrogen-bond donors (Lipinski definition) is 1. The van der Waals surface area contributed by atoms with E-state index in [0.29, 0.717) is 12.1 Å². The minimum Gasteiger partial charge on any atom is -0.303 e. The second kappa shape index (κ2) is 6.53. The van der Waals surface area contributed by atoms with E-state index in [1.807, 2.05) is 0 Å². The summed E-state index contributed by atoms with van der Waals surface area (Å²) < 4.78 is 0. The predicted octanol–water partition coefficient (Wildman–Crippen LogP) is 4.80. The predicted molar refractivity (Wildman–Crippen MR) is 82.2 cm³/mol. The Morgan fingerprint density at radius 3 is 2.21 bits per heavy atom. The molecule has 1 heteroatoms. The van der Waals surface area contributed by atoms with E-state index in [0.717, 1.165) is 6.42 Å². The van der Waals surface area contributed by atoms with Crippen LogP contribution in [0.3, 0.4) is 0 Å². The van der Waals surface area contributed by atoms with Crippen molar-refractivity contribution < 1.29 is 0 Å². The fourth-order valence-electron chi connectivity index (χ4n) is 2.60. The smallest absolute Gasteiger partial charge is 0.0323 e. The fourth-order valence-corrected chi connectivity index (χ4v) is 2.60. The quantitative estimate of drug-likeness (QED) is 0.807. The van der Waals surface area contributed by atoms with Gasteiger partial charge in [0.1, 0.15) is 0 Å². The molecule has 0 saturated heterocycles. The number of aryl methyl sites for hydroxylation is 1. The van der Waals surface area contributed by atoms with Crippen LogP contribution >= 0.6 is 0 Å². The van der Waals surface area contributed by atoms with Crippen LogP contribution in [-0.4, -0.2) is 0 Å². The van der Waals surface area contributed by atoms with Gasteiger partial charge in [-0.2, -0.15) is 0 Å². The van der Waals surface area contributed by atoms with Crippen LogP contribution in [0.1, 0.15) is 49.0 Å². The standard InChI is InChI=1S/C18H23N/c1-4-18(16-11-6-5-7-12-16)19-15(3)17-13-9-8-10-14(17)2/h5-13,15,18-19H,4H2,1-3H3/t15-,18?/m1/s1. The van der Waals surface area contributed by atoms with E-state index in [9.17, 15) is 0 Å². The van der Waals surface area contributed by atoms with E-state index in [4.69, 9.17) is 0 Å². The molecule has 0 aliphatic heterocycles. The van der Waals surface area contributed by atoms with Crippen molar-refractivity contribution in [3.63, 3.8) is 0 Å². The minimum atomic E-state index is 0.367. The van der Waals surface area contributed by atoms with Crippen molar-refractivity contribution in [2.75, 3.05) is 0 Å². The van der Waals surface area contributed by atoms with Gasteiger partial charge < -0.3 is 5.32 Å². The topological polar surface area (TPSA) is 12.0 Å². The van der Waals surface area contributed by atoms with Crippen molar-refractivity contribution in [2.45, 2.75) is 39.3 Å². The molecule has 0 aliphatic rings. The molecule has 19 heavy (non-hydrogen) atoms. The van der Waals surface area contributed by atoms with Crippen LogP contribution in [0.5, 0.6) is 0 Å². The van der Waals surface area contributed by atoms with Crippen molar-refractivity contribution in [1.82, 2.24) is 5.32 Å². The molecule has 100 valence electrons. The van der Waals surface area contributed by atoms with E-state index in [-0.39, 0.29) is 0 Å². The highest BCUT2D eigenvalue weighted by molar-refractivity contribution is 5.29.